The highest BCUT2D eigenvalue weighted by atomic mass is 16.1. The van der Waals surface area contributed by atoms with Gasteiger partial charge < -0.3 is 4.57 Å². The Balaban J connectivity index is 1.57. The Bertz CT molecular complexity index is 434. The Morgan fingerprint density at radius 3 is 2.72 bits per heavy atom. The summed E-state index contributed by atoms with van der Waals surface area (Å²) >= 11 is 0. The van der Waals surface area contributed by atoms with Gasteiger partial charge in [-0.05, 0) is 0 Å². The highest BCUT2D eigenvalue weighted by Crippen LogP contribution is 2.17. The Hall–Kier alpha value is -1.20. The average Bonchev–Trinajstić information content (AvgIpc) is 2.83. The van der Waals surface area contributed by atoms with Gasteiger partial charge in [0.1, 0.15) is 5.82 Å². The number of nitrogens with zero attached hydrogens (tertiary/aromatic N) is 4. The van der Waals surface area contributed by atoms with Crippen molar-refractivity contribution in [1.29, 1.82) is 0 Å². The van der Waals surface area contributed by atoms with Gasteiger partial charge in [0.2, 0.25) is 0 Å². The van der Waals surface area contributed by atoms with Gasteiger partial charge in [-0.25, -0.2) is 4.98 Å². The van der Waals surface area contributed by atoms with Gasteiger partial charge >= 0.3 is 0 Å². The van der Waals surface area contributed by atoms with Crippen molar-refractivity contribution in [1.82, 2.24) is 19.4 Å². The first-order valence-electron chi connectivity index (χ1n) is 6.69. The van der Waals surface area contributed by atoms with Crippen LogP contribution < -0.4 is 0 Å². The maximum absolute atomic E-state index is 12.3. The number of fused-ring (bicyclic) bond motifs is 3. The van der Waals surface area contributed by atoms with Crippen LogP contribution in [-0.2, 0) is 18.3 Å². The Morgan fingerprint density at radius 1 is 1.39 bits per heavy atom. The molecule has 1 aromatic heterocycles. The van der Waals surface area contributed by atoms with E-state index in [1.807, 2.05) is 17.8 Å². The quantitative estimate of drug-likeness (QED) is 0.747. The molecule has 0 radical (unpaired) electrons. The van der Waals surface area contributed by atoms with Crippen LogP contribution in [0.15, 0.2) is 12.4 Å². The minimum Gasteiger partial charge on any atom is -0.338 e. The number of rotatable bonds is 4. The lowest BCUT2D eigenvalue weighted by atomic mass is 10.0. The number of ketones is 1. The van der Waals surface area contributed by atoms with E-state index in [0.29, 0.717) is 12.2 Å². The fraction of sp³-hybridized carbons (Fsp3) is 0.692. The molecule has 0 spiro atoms. The van der Waals surface area contributed by atoms with Gasteiger partial charge in [-0.3, -0.25) is 14.6 Å². The predicted octanol–water partition coefficient (Wildman–Crippen LogP) is -0.0784. The maximum atomic E-state index is 12.3. The molecule has 98 valence electrons. The number of hydrogen-bond acceptors (Lipinski definition) is 4. The molecule has 5 nitrogen and oxygen atoms in total. The highest BCUT2D eigenvalue weighted by molar-refractivity contribution is 5.84. The van der Waals surface area contributed by atoms with Gasteiger partial charge in [-0.2, -0.15) is 0 Å². The van der Waals surface area contributed by atoms with E-state index in [0.717, 1.165) is 45.0 Å². The SMILES string of the molecule is Cn1ccnc1CCC(=O)C1CN2CCN1CC2. The molecule has 1 unspecified atom stereocenters. The second kappa shape index (κ2) is 4.82. The van der Waals surface area contributed by atoms with E-state index in [1.54, 1.807) is 6.20 Å². The predicted molar refractivity (Wildman–Crippen MR) is 68.3 cm³/mol. The summed E-state index contributed by atoms with van der Waals surface area (Å²) in [4.78, 5) is 21.3. The van der Waals surface area contributed by atoms with Crippen LogP contribution in [0.1, 0.15) is 12.2 Å². The summed E-state index contributed by atoms with van der Waals surface area (Å²) in [5.41, 5.74) is 0. The molecule has 3 saturated heterocycles. The zero-order chi connectivity index (χ0) is 12.5. The van der Waals surface area contributed by atoms with Crippen molar-refractivity contribution < 1.29 is 4.79 Å². The summed E-state index contributed by atoms with van der Waals surface area (Å²) in [5.74, 6) is 1.38. The van der Waals surface area contributed by atoms with E-state index in [2.05, 4.69) is 14.8 Å². The zero-order valence-corrected chi connectivity index (χ0v) is 10.9. The largest absolute Gasteiger partial charge is 0.338 e. The molecule has 3 fully saturated rings. The summed E-state index contributed by atoms with van der Waals surface area (Å²) in [6, 6.07) is 0.132. The van der Waals surface area contributed by atoms with Crippen LogP contribution in [-0.4, -0.2) is 63.9 Å². The molecule has 2 bridgehead atoms. The van der Waals surface area contributed by atoms with Crippen LogP contribution in [0.4, 0.5) is 0 Å². The van der Waals surface area contributed by atoms with Crippen LogP contribution >= 0.6 is 0 Å². The third-order valence-corrected chi connectivity index (χ3v) is 4.17. The van der Waals surface area contributed by atoms with Gasteiger partial charge in [-0.1, -0.05) is 0 Å². The smallest absolute Gasteiger partial charge is 0.151 e. The standard InChI is InChI=1S/C13H20N4O/c1-15-5-4-14-13(15)3-2-12(18)11-10-16-6-8-17(11)9-7-16/h4-5,11H,2-3,6-10H2,1H3. The van der Waals surface area contributed by atoms with Crippen LogP contribution in [0.3, 0.4) is 0 Å². The summed E-state index contributed by atoms with van der Waals surface area (Å²) in [7, 11) is 1.98. The second-order valence-electron chi connectivity index (χ2n) is 5.27. The molecule has 0 amide bonds. The molecule has 4 heterocycles. The van der Waals surface area contributed by atoms with Crippen LogP contribution in [0, 0.1) is 0 Å². The normalized spacial score (nSPS) is 30.6. The molecule has 18 heavy (non-hydrogen) atoms. The van der Waals surface area contributed by atoms with Crippen LogP contribution in [0.5, 0.6) is 0 Å². The monoisotopic (exact) mass is 248 g/mol. The first kappa shape index (κ1) is 11.9. The average molecular weight is 248 g/mol. The van der Waals surface area contributed by atoms with Gasteiger partial charge in [0.25, 0.3) is 0 Å². The number of piperazine rings is 3. The first-order valence-corrected chi connectivity index (χ1v) is 6.69. The summed E-state index contributed by atoms with van der Waals surface area (Å²) < 4.78 is 1.99. The van der Waals surface area contributed by atoms with Crippen molar-refractivity contribution in [2.75, 3.05) is 32.7 Å². The van der Waals surface area contributed by atoms with Crippen molar-refractivity contribution >= 4 is 5.78 Å². The number of carbonyl (C=O) groups excluding carboxylic acids is 1. The van der Waals surface area contributed by atoms with Crippen molar-refractivity contribution in [3.8, 4) is 0 Å². The lowest BCUT2D eigenvalue weighted by Crippen LogP contribution is -2.63. The fourth-order valence-corrected chi connectivity index (χ4v) is 2.96. The molecule has 3 aliphatic heterocycles. The molecule has 0 N–H and O–H groups in total. The van der Waals surface area contributed by atoms with E-state index >= 15 is 0 Å². The van der Waals surface area contributed by atoms with E-state index in [4.69, 9.17) is 0 Å². The molecule has 1 aromatic rings. The van der Waals surface area contributed by atoms with Gasteiger partial charge in [0, 0.05) is 65.0 Å². The molecular weight excluding hydrogens is 228 g/mol. The second-order valence-corrected chi connectivity index (χ2v) is 5.27. The molecule has 4 rings (SSSR count). The molecule has 0 aliphatic carbocycles. The Kier molecular flexibility index (Phi) is 3.18. The fourth-order valence-electron chi connectivity index (χ4n) is 2.96. The van der Waals surface area contributed by atoms with Crippen LogP contribution in [0.25, 0.3) is 0 Å². The summed E-state index contributed by atoms with van der Waals surface area (Å²) in [5, 5.41) is 0. The topological polar surface area (TPSA) is 41.4 Å². The van der Waals surface area contributed by atoms with E-state index in [1.165, 1.54) is 0 Å². The molecule has 0 aromatic carbocycles. The molecule has 0 saturated carbocycles. The van der Waals surface area contributed by atoms with Gasteiger partial charge in [0.05, 0.1) is 6.04 Å². The molecular formula is C13H20N4O. The number of aryl methyl sites for hydroxylation is 2. The van der Waals surface area contributed by atoms with Crippen molar-refractivity contribution in [3.63, 3.8) is 0 Å². The zero-order valence-electron chi connectivity index (χ0n) is 10.9. The number of imidazole rings is 1. The number of hydrogen-bond donors (Lipinski definition) is 0. The maximum Gasteiger partial charge on any atom is 0.151 e. The minimum absolute atomic E-state index is 0.132. The number of carbonyl (C=O) groups is 1. The van der Waals surface area contributed by atoms with E-state index in [9.17, 15) is 4.79 Å². The summed E-state index contributed by atoms with van der Waals surface area (Å²) in [6.07, 6.45) is 5.09. The van der Waals surface area contributed by atoms with E-state index in [-0.39, 0.29) is 6.04 Å². The van der Waals surface area contributed by atoms with Crippen LogP contribution in [0.2, 0.25) is 0 Å². The van der Waals surface area contributed by atoms with Crippen molar-refractivity contribution in [2.45, 2.75) is 18.9 Å². The lowest BCUT2D eigenvalue weighted by molar-refractivity contribution is -0.129. The molecule has 5 heteroatoms. The minimum atomic E-state index is 0.132. The Labute approximate surface area is 107 Å². The van der Waals surface area contributed by atoms with E-state index < -0.39 is 0 Å². The van der Waals surface area contributed by atoms with Crippen molar-refractivity contribution in [2.24, 2.45) is 7.05 Å². The molecule has 3 aliphatic rings. The van der Waals surface area contributed by atoms with Crippen molar-refractivity contribution in [3.05, 3.63) is 18.2 Å². The third-order valence-electron chi connectivity index (χ3n) is 4.17. The lowest BCUT2D eigenvalue weighted by Gasteiger charge is -2.46. The highest BCUT2D eigenvalue weighted by Gasteiger charge is 2.35. The van der Waals surface area contributed by atoms with Gasteiger partial charge in [0.15, 0.2) is 5.78 Å². The first-order chi connectivity index (χ1) is 8.74. The Morgan fingerprint density at radius 2 is 2.17 bits per heavy atom. The number of Topliss-reactive ketones (excluding diaryl/α,β-unsaturated/α-hetero) is 1. The third kappa shape index (κ3) is 2.20. The number of aromatic nitrogens is 2. The molecule has 1 atom stereocenters. The summed E-state index contributed by atoms with van der Waals surface area (Å²) in [6.45, 7) is 5.29. The van der Waals surface area contributed by atoms with Gasteiger partial charge in [-0.15, -0.1) is 0 Å².